The number of fused-ring (bicyclic) bond motifs is 1. The van der Waals surface area contributed by atoms with E-state index >= 15 is 0 Å². The third kappa shape index (κ3) is 4.98. The minimum Gasteiger partial charge on any atom is -0.497 e. The van der Waals surface area contributed by atoms with Crippen molar-refractivity contribution in [1.29, 1.82) is 0 Å². The molecule has 3 heterocycles. The van der Waals surface area contributed by atoms with Gasteiger partial charge in [0.25, 0.3) is 11.5 Å². The number of benzene rings is 3. The van der Waals surface area contributed by atoms with Gasteiger partial charge < -0.3 is 15.0 Å². The Labute approximate surface area is 236 Å². The molecule has 40 heavy (non-hydrogen) atoms. The molecular formula is C32H30N4O3S. The normalized spacial score (nSPS) is 17.0. The zero-order valence-electron chi connectivity index (χ0n) is 22.5. The summed E-state index contributed by atoms with van der Waals surface area (Å²) in [6.45, 7) is 3.99. The molecule has 1 N–H and O–H groups in total. The fourth-order valence-corrected chi connectivity index (χ4v) is 6.41. The molecule has 1 amide bonds. The highest BCUT2D eigenvalue weighted by molar-refractivity contribution is 7.07. The third-order valence-corrected chi connectivity index (χ3v) is 8.35. The van der Waals surface area contributed by atoms with Crippen molar-refractivity contribution in [3.63, 3.8) is 0 Å². The van der Waals surface area contributed by atoms with E-state index in [1.165, 1.54) is 29.9 Å². The molecule has 0 saturated carbocycles. The van der Waals surface area contributed by atoms with Crippen molar-refractivity contribution in [2.24, 2.45) is 4.99 Å². The number of carbonyl (C=O) groups excluding carboxylic acids is 1. The first-order valence-electron chi connectivity index (χ1n) is 13.4. The summed E-state index contributed by atoms with van der Waals surface area (Å²) in [5.74, 6) is 0.349. The molecule has 1 saturated heterocycles. The average molecular weight is 551 g/mol. The Morgan fingerprint density at radius 2 is 1.77 bits per heavy atom. The van der Waals surface area contributed by atoms with E-state index in [4.69, 9.17) is 9.73 Å². The quantitative estimate of drug-likeness (QED) is 0.384. The number of rotatable bonds is 6. The summed E-state index contributed by atoms with van der Waals surface area (Å²) >= 11 is 1.34. The molecule has 6 rings (SSSR count). The number of carbonyl (C=O) groups is 1. The average Bonchev–Trinajstić information content (AvgIpc) is 3.62. The van der Waals surface area contributed by atoms with Gasteiger partial charge in [0, 0.05) is 24.5 Å². The van der Waals surface area contributed by atoms with Gasteiger partial charge in [0.05, 0.1) is 29.0 Å². The topological polar surface area (TPSA) is 75.9 Å². The minimum absolute atomic E-state index is 0.183. The van der Waals surface area contributed by atoms with E-state index in [9.17, 15) is 9.59 Å². The first kappa shape index (κ1) is 25.8. The van der Waals surface area contributed by atoms with Crippen LogP contribution in [0.25, 0.3) is 6.08 Å². The monoisotopic (exact) mass is 550 g/mol. The SMILES string of the molecule is COc1cccc([C@@H]2C(C(=O)Nc3ccccc3)=C(C)N=c3s/c(=C/c4ccc(N5CCCC5)cc4)c(=O)n32)c1. The van der Waals surface area contributed by atoms with Crippen LogP contribution in [0.3, 0.4) is 0 Å². The molecule has 0 spiro atoms. The summed E-state index contributed by atoms with van der Waals surface area (Å²) < 4.78 is 7.68. The molecule has 4 aromatic rings. The van der Waals surface area contributed by atoms with Crippen LogP contribution in [0.4, 0.5) is 11.4 Å². The van der Waals surface area contributed by atoms with Crippen molar-refractivity contribution in [3.05, 3.63) is 121 Å². The summed E-state index contributed by atoms with van der Waals surface area (Å²) in [6, 6.07) is 24.5. The summed E-state index contributed by atoms with van der Waals surface area (Å²) in [5, 5.41) is 2.98. The van der Waals surface area contributed by atoms with Crippen LogP contribution in [0.15, 0.2) is 99.9 Å². The van der Waals surface area contributed by atoms with Gasteiger partial charge in [-0.25, -0.2) is 4.99 Å². The van der Waals surface area contributed by atoms with Crippen molar-refractivity contribution in [2.75, 3.05) is 30.4 Å². The zero-order chi connectivity index (χ0) is 27.6. The van der Waals surface area contributed by atoms with E-state index in [2.05, 4.69) is 34.5 Å². The number of nitrogens with zero attached hydrogens (tertiary/aromatic N) is 3. The van der Waals surface area contributed by atoms with Gasteiger partial charge in [0.15, 0.2) is 4.80 Å². The lowest BCUT2D eigenvalue weighted by atomic mass is 9.95. The Hall–Kier alpha value is -4.43. The lowest BCUT2D eigenvalue weighted by Crippen LogP contribution is -2.40. The predicted octanol–water partition coefficient (Wildman–Crippen LogP) is 4.48. The van der Waals surface area contributed by atoms with Crippen LogP contribution in [0.2, 0.25) is 0 Å². The van der Waals surface area contributed by atoms with Crippen LogP contribution in [0.5, 0.6) is 5.75 Å². The van der Waals surface area contributed by atoms with Crippen LogP contribution in [-0.2, 0) is 4.79 Å². The van der Waals surface area contributed by atoms with Gasteiger partial charge in [-0.15, -0.1) is 0 Å². The second-order valence-corrected chi connectivity index (χ2v) is 11.0. The lowest BCUT2D eigenvalue weighted by Gasteiger charge is -2.25. The van der Waals surface area contributed by atoms with Crippen LogP contribution in [0, 0.1) is 0 Å². The molecule has 0 unspecified atom stereocenters. The van der Waals surface area contributed by atoms with Crippen molar-refractivity contribution < 1.29 is 9.53 Å². The third-order valence-electron chi connectivity index (χ3n) is 7.37. The Balaban J connectivity index is 1.44. The Morgan fingerprint density at radius 3 is 2.50 bits per heavy atom. The second-order valence-electron chi connectivity index (χ2n) is 9.96. The summed E-state index contributed by atoms with van der Waals surface area (Å²) in [6.07, 6.45) is 4.35. The number of amides is 1. The molecule has 1 atom stereocenters. The number of methoxy groups -OCH3 is 1. The maximum atomic E-state index is 14.0. The molecule has 2 aliphatic rings. The molecule has 0 bridgehead atoms. The second kappa shape index (κ2) is 11.0. The maximum Gasteiger partial charge on any atom is 0.271 e. The van der Waals surface area contributed by atoms with E-state index in [1.54, 1.807) is 11.7 Å². The summed E-state index contributed by atoms with van der Waals surface area (Å²) in [4.78, 5) is 35.3. The Morgan fingerprint density at radius 1 is 1.02 bits per heavy atom. The maximum absolute atomic E-state index is 14.0. The molecule has 1 aromatic heterocycles. The molecule has 0 radical (unpaired) electrons. The minimum atomic E-state index is -0.658. The summed E-state index contributed by atoms with van der Waals surface area (Å²) in [7, 11) is 1.60. The smallest absolute Gasteiger partial charge is 0.271 e. The molecule has 3 aromatic carbocycles. The van der Waals surface area contributed by atoms with E-state index < -0.39 is 6.04 Å². The molecule has 8 heteroatoms. The van der Waals surface area contributed by atoms with Gasteiger partial charge in [-0.3, -0.25) is 14.2 Å². The van der Waals surface area contributed by atoms with Gasteiger partial charge in [0.2, 0.25) is 0 Å². The molecular weight excluding hydrogens is 520 g/mol. The Kier molecular flexibility index (Phi) is 7.09. The van der Waals surface area contributed by atoms with Gasteiger partial charge in [-0.2, -0.15) is 0 Å². The van der Waals surface area contributed by atoms with Crippen molar-refractivity contribution in [2.45, 2.75) is 25.8 Å². The number of hydrogen-bond acceptors (Lipinski definition) is 6. The van der Waals surface area contributed by atoms with Crippen molar-refractivity contribution >= 4 is 34.7 Å². The molecule has 0 aliphatic carbocycles. The fourth-order valence-electron chi connectivity index (χ4n) is 5.37. The Bertz CT molecular complexity index is 1770. The van der Waals surface area contributed by atoms with Crippen molar-refractivity contribution in [3.8, 4) is 5.75 Å². The number of anilines is 2. The number of allylic oxidation sites excluding steroid dienone is 1. The van der Waals surface area contributed by atoms with Crippen LogP contribution in [0.1, 0.15) is 36.9 Å². The van der Waals surface area contributed by atoms with Crippen LogP contribution in [-0.4, -0.2) is 30.7 Å². The highest BCUT2D eigenvalue weighted by Crippen LogP contribution is 2.32. The van der Waals surface area contributed by atoms with Gasteiger partial charge in [-0.05, 0) is 73.4 Å². The molecule has 202 valence electrons. The van der Waals surface area contributed by atoms with Crippen LogP contribution < -0.4 is 29.8 Å². The fraction of sp³-hybridized carbons (Fsp3) is 0.219. The number of para-hydroxylation sites is 1. The highest BCUT2D eigenvalue weighted by atomic mass is 32.1. The first-order valence-corrected chi connectivity index (χ1v) is 14.2. The number of hydrogen-bond donors (Lipinski definition) is 1. The van der Waals surface area contributed by atoms with E-state index in [0.29, 0.717) is 32.0 Å². The highest BCUT2D eigenvalue weighted by Gasteiger charge is 2.32. The van der Waals surface area contributed by atoms with Gasteiger partial charge in [0.1, 0.15) is 5.75 Å². The first-order chi connectivity index (χ1) is 19.5. The zero-order valence-corrected chi connectivity index (χ0v) is 23.3. The molecule has 1 fully saturated rings. The number of aromatic nitrogens is 1. The predicted molar refractivity (Wildman–Crippen MR) is 160 cm³/mol. The molecule has 2 aliphatic heterocycles. The van der Waals surface area contributed by atoms with E-state index in [0.717, 1.165) is 24.2 Å². The lowest BCUT2D eigenvalue weighted by molar-refractivity contribution is -0.113. The summed E-state index contributed by atoms with van der Waals surface area (Å²) in [5.41, 5.74) is 4.41. The standard InChI is InChI=1S/C32H30N4O3S/c1-21-28(30(37)34-24-10-4-3-5-11-24)29(23-9-8-12-26(20-23)39-2)36-31(38)27(40-32(36)33-21)19-22-13-15-25(16-14-22)35-17-6-7-18-35/h3-5,8-16,19-20,29H,6-7,17-18H2,1-2H3,(H,34,37)/b27-19+/t29-/m1/s1. The van der Waals surface area contributed by atoms with Crippen molar-refractivity contribution in [1.82, 2.24) is 4.57 Å². The number of nitrogens with one attached hydrogen (secondary N) is 1. The number of thiazole rings is 1. The van der Waals surface area contributed by atoms with E-state index in [-0.39, 0.29) is 11.5 Å². The van der Waals surface area contributed by atoms with E-state index in [1.807, 2.05) is 67.6 Å². The molecule has 7 nitrogen and oxygen atoms in total. The largest absolute Gasteiger partial charge is 0.497 e. The van der Waals surface area contributed by atoms with Gasteiger partial charge >= 0.3 is 0 Å². The van der Waals surface area contributed by atoms with Gasteiger partial charge in [-0.1, -0.05) is 53.8 Å². The number of ether oxygens (including phenoxy) is 1. The van der Waals surface area contributed by atoms with Crippen LogP contribution >= 0.6 is 11.3 Å².